The van der Waals surface area contributed by atoms with Crippen LogP contribution in [0.2, 0.25) is 0 Å². The molecule has 1 rings (SSSR count). The van der Waals surface area contributed by atoms with E-state index in [0.717, 1.165) is 6.42 Å². The van der Waals surface area contributed by atoms with Crippen LogP contribution in [0.1, 0.15) is 12.0 Å². The topological polar surface area (TPSA) is 68.5 Å². The smallest absolute Gasteiger partial charge is 0.224 e. The van der Waals surface area contributed by atoms with Crippen molar-refractivity contribution in [3.8, 4) is 0 Å². The fourth-order valence-corrected chi connectivity index (χ4v) is 1.58. The van der Waals surface area contributed by atoms with E-state index in [4.69, 9.17) is 10.5 Å². The highest BCUT2D eigenvalue weighted by Crippen LogP contribution is 2.03. The average Bonchev–Trinajstić information content (AvgIpc) is 2.42. The number of rotatable bonds is 7. The molecule has 0 aliphatic heterocycles. The van der Waals surface area contributed by atoms with Crippen molar-refractivity contribution >= 4 is 5.91 Å². The predicted octanol–water partition coefficient (Wildman–Crippen LogP) is 0.446. The van der Waals surface area contributed by atoms with Crippen molar-refractivity contribution in [2.75, 3.05) is 27.2 Å². The zero-order valence-corrected chi connectivity index (χ0v) is 11.0. The second-order valence-corrected chi connectivity index (χ2v) is 4.22. The third-order valence-corrected chi connectivity index (χ3v) is 2.91. The summed E-state index contributed by atoms with van der Waals surface area (Å²) in [5.74, 6) is 0.0568. The Kier molecular flexibility index (Phi) is 6.32. The summed E-state index contributed by atoms with van der Waals surface area (Å²) in [5.41, 5.74) is 6.67. The van der Waals surface area contributed by atoms with E-state index in [1.54, 1.807) is 31.5 Å². The van der Waals surface area contributed by atoms with Crippen LogP contribution < -0.4 is 5.73 Å². The summed E-state index contributed by atoms with van der Waals surface area (Å²) in [7, 11) is 3.37. The number of hydrogen-bond donors (Lipinski definition) is 1. The Balaban J connectivity index is 2.36. The van der Waals surface area contributed by atoms with Crippen molar-refractivity contribution in [2.45, 2.75) is 18.9 Å². The number of ether oxygens (including phenoxy) is 1. The average molecular weight is 251 g/mol. The molecular weight excluding hydrogens is 230 g/mol. The van der Waals surface area contributed by atoms with Gasteiger partial charge in [0.25, 0.3) is 0 Å². The molecule has 1 aromatic rings. The number of likely N-dealkylation sites (N-methyl/N-ethyl adjacent to an activating group) is 1. The van der Waals surface area contributed by atoms with Gasteiger partial charge in [0.15, 0.2) is 0 Å². The molecule has 1 unspecified atom stereocenters. The SMILES string of the molecule is COC(CN)CC(=O)N(C)CCc1ccncc1. The molecule has 0 spiro atoms. The second kappa shape index (κ2) is 7.79. The van der Waals surface area contributed by atoms with E-state index in [0.29, 0.717) is 19.5 Å². The number of hydrogen-bond acceptors (Lipinski definition) is 4. The first-order chi connectivity index (χ1) is 8.67. The lowest BCUT2D eigenvalue weighted by atomic mass is 10.2. The summed E-state index contributed by atoms with van der Waals surface area (Å²) >= 11 is 0. The second-order valence-electron chi connectivity index (χ2n) is 4.22. The Labute approximate surface area is 108 Å². The maximum Gasteiger partial charge on any atom is 0.224 e. The third kappa shape index (κ3) is 4.81. The summed E-state index contributed by atoms with van der Waals surface area (Å²) in [4.78, 5) is 17.5. The molecular formula is C13H21N3O2. The highest BCUT2D eigenvalue weighted by Gasteiger charge is 2.14. The van der Waals surface area contributed by atoms with Gasteiger partial charge in [-0.15, -0.1) is 0 Å². The normalized spacial score (nSPS) is 12.2. The van der Waals surface area contributed by atoms with E-state index < -0.39 is 0 Å². The highest BCUT2D eigenvalue weighted by atomic mass is 16.5. The lowest BCUT2D eigenvalue weighted by Crippen LogP contribution is -2.34. The largest absolute Gasteiger partial charge is 0.380 e. The molecule has 0 fully saturated rings. The molecule has 0 bridgehead atoms. The van der Waals surface area contributed by atoms with Gasteiger partial charge in [0.1, 0.15) is 0 Å². The Bertz CT molecular complexity index is 353. The number of aromatic nitrogens is 1. The summed E-state index contributed by atoms with van der Waals surface area (Å²) in [6.45, 7) is 1.05. The van der Waals surface area contributed by atoms with Gasteiger partial charge in [-0.3, -0.25) is 9.78 Å². The van der Waals surface area contributed by atoms with Crippen molar-refractivity contribution in [3.63, 3.8) is 0 Å². The van der Waals surface area contributed by atoms with Crippen LogP contribution in [-0.4, -0.2) is 49.1 Å². The van der Waals surface area contributed by atoms with Crippen LogP contribution in [0.15, 0.2) is 24.5 Å². The van der Waals surface area contributed by atoms with Gasteiger partial charge in [0, 0.05) is 39.6 Å². The van der Waals surface area contributed by atoms with Crippen molar-refractivity contribution in [1.29, 1.82) is 0 Å². The van der Waals surface area contributed by atoms with Crippen LogP contribution in [0.25, 0.3) is 0 Å². The molecule has 0 aliphatic carbocycles. The van der Waals surface area contributed by atoms with Gasteiger partial charge >= 0.3 is 0 Å². The molecule has 1 aromatic heterocycles. The number of nitrogens with two attached hydrogens (primary N) is 1. The van der Waals surface area contributed by atoms with Gasteiger partial charge in [-0.25, -0.2) is 0 Å². The van der Waals surface area contributed by atoms with E-state index >= 15 is 0 Å². The molecule has 1 atom stereocenters. The molecule has 0 aliphatic rings. The molecule has 2 N–H and O–H groups in total. The van der Waals surface area contributed by atoms with Crippen LogP contribution in [0.5, 0.6) is 0 Å². The maximum absolute atomic E-state index is 11.9. The zero-order chi connectivity index (χ0) is 13.4. The Morgan fingerprint density at radius 2 is 2.17 bits per heavy atom. The third-order valence-electron chi connectivity index (χ3n) is 2.91. The van der Waals surface area contributed by atoms with Crippen LogP contribution >= 0.6 is 0 Å². The lowest BCUT2D eigenvalue weighted by Gasteiger charge is -2.20. The summed E-state index contributed by atoms with van der Waals surface area (Å²) < 4.78 is 5.10. The number of carbonyl (C=O) groups is 1. The van der Waals surface area contributed by atoms with Crippen molar-refractivity contribution < 1.29 is 9.53 Å². The highest BCUT2D eigenvalue weighted by molar-refractivity contribution is 5.76. The molecule has 0 radical (unpaired) electrons. The molecule has 5 heteroatoms. The van der Waals surface area contributed by atoms with Crippen molar-refractivity contribution in [2.24, 2.45) is 5.73 Å². The molecule has 18 heavy (non-hydrogen) atoms. The molecule has 0 saturated heterocycles. The molecule has 0 saturated carbocycles. The van der Waals surface area contributed by atoms with E-state index in [-0.39, 0.29) is 12.0 Å². The number of carbonyl (C=O) groups excluding carboxylic acids is 1. The Morgan fingerprint density at radius 3 is 2.72 bits per heavy atom. The Hall–Kier alpha value is -1.46. The van der Waals surface area contributed by atoms with Crippen molar-refractivity contribution in [3.05, 3.63) is 30.1 Å². The van der Waals surface area contributed by atoms with Gasteiger partial charge in [-0.2, -0.15) is 0 Å². The van der Waals surface area contributed by atoms with Crippen LogP contribution in [0, 0.1) is 0 Å². The summed E-state index contributed by atoms with van der Waals surface area (Å²) in [6.07, 6.45) is 4.48. The summed E-state index contributed by atoms with van der Waals surface area (Å²) in [5, 5.41) is 0. The standard InChI is InChI=1S/C13H21N3O2/c1-16(13(17)9-12(10-14)18-2)8-5-11-3-6-15-7-4-11/h3-4,6-7,12H,5,8-10,14H2,1-2H3. The quantitative estimate of drug-likeness (QED) is 0.764. The minimum Gasteiger partial charge on any atom is -0.380 e. The fourth-order valence-electron chi connectivity index (χ4n) is 1.58. The first-order valence-corrected chi connectivity index (χ1v) is 6.03. The number of amides is 1. The van der Waals surface area contributed by atoms with Crippen LogP contribution in [0.3, 0.4) is 0 Å². The van der Waals surface area contributed by atoms with Gasteiger partial charge in [0.2, 0.25) is 5.91 Å². The molecule has 5 nitrogen and oxygen atoms in total. The Morgan fingerprint density at radius 1 is 1.50 bits per heavy atom. The van der Waals surface area contributed by atoms with E-state index in [9.17, 15) is 4.79 Å². The first-order valence-electron chi connectivity index (χ1n) is 6.03. The maximum atomic E-state index is 11.9. The van der Waals surface area contributed by atoms with Gasteiger partial charge in [-0.1, -0.05) is 0 Å². The van der Waals surface area contributed by atoms with Gasteiger partial charge in [-0.05, 0) is 24.1 Å². The minimum atomic E-state index is -0.194. The lowest BCUT2D eigenvalue weighted by molar-refractivity contribution is -0.132. The number of methoxy groups -OCH3 is 1. The van der Waals surface area contributed by atoms with Gasteiger partial charge in [0.05, 0.1) is 12.5 Å². The van der Waals surface area contributed by atoms with Crippen LogP contribution in [-0.2, 0) is 16.0 Å². The van der Waals surface area contributed by atoms with Crippen molar-refractivity contribution in [1.82, 2.24) is 9.88 Å². The zero-order valence-electron chi connectivity index (χ0n) is 11.0. The molecule has 100 valence electrons. The van der Waals surface area contributed by atoms with E-state index in [2.05, 4.69) is 4.98 Å². The number of pyridine rings is 1. The molecule has 0 aromatic carbocycles. The number of nitrogens with zero attached hydrogens (tertiary/aromatic N) is 2. The van der Waals surface area contributed by atoms with Gasteiger partial charge < -0.3 is 15.4 Å². The summed E-state index contributed by atoms with van der Waals surface area (Å²) in [6, 6.07) is 3.91. The predicted molar refractivity (Wildman–Crippen MR) is 70.0 cm³/mol. The monoisotopic (exact) mass is 251 g/mol. The fraction of sp³-hybridized carbons (Fsp3) is 0.538. The minimum absolute atomic E-state index is 0.0568. The molecule has 1 amide bonds. The molecule has 1 heterocycles. The van der Waals surface area contributed by atoms with E-state index in [1.807, 2.05) is 12.1 Å². The van der Waals surface area contributed by atoms with Crippen LogP contribution in [0.4, 0.5) is 0 Å². The van der Waals surface area contributed by atoms with E-state index in [1.165, 1.54) is 5.56 Å². The first kappa shape index (κ1) is 14.6.